The molecule has 2 aromatic rings. The Morgan fingerprint density at radius 2 is 1.81 bits per heavy atom. The van der Waals surface area contributed by atoms with Crippen LogP contribution in [0.4, 0.5) is 10.5 Å². The average molecular weight is 537 g/mol. The van der Waals surface area contributed by atoms with Gasteiger partial charge >= 0.3 is 6.09 Å². The number of carbonyl (C=O) groups excluding carboxylic acids is 1. The predicted octanol–water partition coefficient (Wildman–Crippen LogP) is 4.59. The van der Waals surface area contributed by atoms with E-state index in [4.69, 9.17) is 27.1 Å². The van der Waals surface area contributed by atoms with Crippen LogP contribution in [-0.2, 0) is 26.9 Å². The molecule has 3 atom stereocenters. The van der Waals surface area contributed by atoms with Crippen LogP contribution in [0.25, 0.3) is 11.3 Å². The second kappa shape index (κ2) is 9.68. The normalized spacial score (nSPS) is 20.6. The van der Waals surface area contributed by atoms with Gasteiger partial charge in [0.15, 0.2) is 0 Å². The molecular formula is C26H37ClN4O4S. The topological polar surface area (TPSA) is 118 Å². The predicted molar refractivity (Wildman–Crippen MR) is 145 cm³/mol. The number of nitrogens with two attached hydrogens (primary N) is 1. The van der Waals surface area contributed by atoms with E-state index < -0.39 is 38.6 Å². The maximum absolute atomic E-state index is 13.5. The molecule has 0 saturated heterocycles. The number of aromatic nitrogens is 1. The Hall–Kier alpha value is -2.04. The van der Waals surface area contributed by atoms with Crippen molar-refractivity contribution in [2.24, 2.45) is 5.73 Å². The van der Waals surface area contributed by atoms with Crippen LogP contribution < -0.4 is 15.4 Å². The average Bonchev–Trinajstić information content (AvgIpc) is 3.04. The first kappa shape index (κ1) is 28.5. The van der Waals surface area contributed by atoms with Gasteiger partial charge in [0.25, 0.3) is 0 Å². The summed E-state index contributed by atoms with van der Waals surface area (Å²) in [7, 11) is -1.46. The van der Waals surface area contributed by atoms with Gasteiger partial charge in [-0.3, -0.25) is 4.90 Å². The van der Waals surface area contributed by atoms with Crippen molar-refractivity contribution in [2.75, 3.05) is 18.0 Å². The van der Waals surface area contributed by atoms with Crippen LogP contribution in [0.5, 0.6) is 0 Å². The summed E-state index contributed by atoms with van der Waals surface area (Å²) in [6.07, 6.45) is -0.550. The van der Waals surface area contributed by atoms with Gasteiger partial charge in [-0.15, -0.1) is 0 Å². The molecule has 1 aromatic heterocycles. The van der Waals surface area contributed by atoms with Crippen molar-refractivity contribution in [3.05, 3.63) is 46.6 Å². The minimum atomic E-state index is -1.46. The Kier molecular flexibility index (Phi) is 7.68. The van der Waals surface area contributed by atoms with Gasteiger partial charge in [0.05, 0.1) is 44.9 Å². The molecule has 36 heavy (non-hydrogen) atoms. The van der Waals surface area contributed by atoms with Crippen molar-refractivity contribution >= 4 is 34.4 Å². The molecule has 1 amide bonds. The van der Waals surface area contributed by atoms with Crippen molar-refractivity contribution < 1.29 is 18.8 Å². The number of anilines is 1. The lowest BCUT2D eigenvalue weighted by molar-refractivity contribution is 0.0577. The molecular weight excluding hydrogens is 500 g/mol. The third-order valence-corrected chi connectivity index (χ3v) is 7.89. The zero-order valence-electron chi connectivity index (χ0n) is 22.2. The summed E-state index contributed by atoms with van der Waals surface area (Å²) in [4.78, 5) is 19.8. The lowest BCUT2D eigenvalue weighted by Gasteiger charge is -2.31. The lowest BCUT2D eigenvalue weighted by Crippen LogP contribution is -2.50. The molecule has 0 fully saturated rings. The molecule has 4 N–H and O–H groups in total. The third kappa shape index (κ3) is 5.92. The molecule has 8 nitrogen and oxygen atoms in total. The van der Waals surface area contributed by atoms with Crippen molar-refractivity contribution in [1.29, 1.82) is 0 Å². The van der Waals surface area contributed by atoms with Gasteiger partial charge in [-0.1, -0.05) is 23.7 Å². The number of nitrogens with one attached hydrogen (secondary N) is 1. The molecule has 1 aromatic carbocycles. The summed E-state index contributed by atoms with van der Waals surface area (Å²) >= 11 is 6.13. The highest BCUT2D eigenvalue weighted by Gasteiger charge is 2.47. The number of fused-ring (bicyclic) bond motifs is 1. The molecule has 0 aliphatic carbocycles. The molecule has 0 bridgehead atoms. The van der Waals surface area contributed by atoms with Crippen LogP contribution in [0.3, 0.4) is 0 Å². The summed E-state index contributed by atoms with van der Waals surface area (Å²) in [5.41, 5.74) is 5.47. The number of hydrogen-bond acceptors (Lipinski definition) is 6. The smallest absolute Gasteiger partial charge is 0.414 e. The van der Waals surface area contributed by atoms with E-state index in [1.165, 1.54) is 4.90 Å². The Morgan fingerprint density at radius 1 is 1.22 bits per heavy atom. The number of halogens is 1. The van der Waals surface area contributed by atoms with E-state index in [9.17, 15) is 14.1 Å². The van der Waals surface area contributed by atoms with Crippen molar-refractivity contribution in [3.8, 4) is 11.3 Å². The minimum absolute atomic E-state index is 0.0628. The zero-order chi connectivity index (χ0) is 27.3. The first-order valence-corrected chi connectivity index (χ1v) is 13.4. The lowest BCUT2D eigenvalue weighted by atomic mass is 9.90. The molecule has 1 aliphatic rings. The molecule has 3 rings (SSSR count). The summed E-state index contributed by atoms with van der Waals surface area (Å²) in [5.74, 6) is 0. The standard InChI is InChI=1S/C26H37ClN4O4S/c1-23(2,3)35-22(32)31-15-25(7,30-36(34)24(4,5)6)18-13-19(26(8,33)14-28)29-20(21(18)31)16-9-11-17(27)12-10-16/h9-13,30,33H,14-15,28H2,1-8H3/t25-,26-,36?/m1/s1. The Balaban J connectivity index is 2.33. The Bertz CT molecular complexity index is 1170. The molecule has 1 unspecified atom stereocenters. The first-order valence-electron chi connectivity index (χ1n) is 11.8. The molecule has 10 heteroatoms. The summed E-state index contributed by atoms with van der Waals surface area (Å²) in [6.45, 7) is 14.6. The van der Waals surface area contributed by atoms with E-state index in [1.807, 2.05) is 27.7 Å². The number of rotatable bonds is 5. The Morgan fingerprint density at radius 3 is 2.31 bits per heavy atom. The zero-order valence-corrected chi connectivity index (χ0v) is 23.8. The van der Waals surface area contributed by atoms with E-state index >= 15 is 0 Å². The van der Waals surface area contributed by atoms with Gasteiger partial charge < -0.3 is 15.6 Å². The Labute approximate surface area is 221 Å². The van der Waals surface area contributed by atoms with Crippen molar-refractivity contribution in [3.63, 3.8) is 0 Å². The summed E-state index contributed by atoms with van der Waals surface area (Å²) in [6, 6.07) is 8.80. The van der Waals surface area contributed by atoms with Gasteiger partial charge in [-0.2, -0.15) is 0 Å². The van der Waals surface area contributed by atoms with Gasteiger partial charge in [0, 0.05) is 22.7 Å². The van der Waals surface area contributed by atoms with Crippen molar-refractivity contribution in [1.82, 2.24) is 9.71 Å². The quantitative estimate of drug-likeness (QED) is 0.514. The van der Waals surface area contributed by atoms with Gasteiger partial charge in [-0.25, -0.2) is 18.7 Å². The number of nitrogens with zero attached hydrogens (tertiary/aromatic N) is 2. The second-order valence-corrected chi connectivity index (χ2v) is 14.0. The van der Waals surface area contributed by atoms with Crippen LogP contribution in [0, 0.1) is 0 Å². The number of hydrogen-bond donors (Lipinski definition) is 3. The summed E-state index contributed by atoms with van der Waals surface area (Å²) in [5, 5.41) is 11.6. The van der Waals surface area contributed by atoms with Crippen LogP contribution in [0.1, 0.15) is 66.6 Å². The monoisotopic (exact) mass is 536 g/mol. The maximum Gasteiger partial charge on any atom is 0.414 e. The molecule has 1 aliphatic heterocycles. The fourth-order valence-corrected chi connectivity index (χ4v) is 4.84. The SMILES string of the molecule is CC(C)(C)OC(=O)N1C[C@@](C)(NS(=O)C(C)(C)C)c2cc([C@](C)(O)CN)nc(-c3ccc(Cl)cc3)c21. The highest BCUT2D eigenvalue weighted by molar-refractivity contribution is 7.84. The van der Waals surface area contributed by atoms with E-state index in [-0.39, 0.29) is 13.1 Å². The van der Waals surface area contributed by atoms with E-state index in [0.717, 1.165) is 0 Å². The largest absolute Gasteiger partial charge is 0.443 e. The van der Waals surface area contributed by atoms with Crippen LogP contribution in [0.2, 0.25) is 5.02 Å². The number of pyridine rings is 1. The maximum atomic E-state index is 13.5. The van der Waals surface area contributed by atoms with Crippen LogP contribution in [0.15, 0.2) is 30.3 Å². The second-order valence-electron chi connectivity index (χ2n) is 11.6. The minimum Gasteiger partial charge on any atom is -0.443 e. The third-order valence-electron chi connectivity index (χ3n) is 5.89. The number of amides is 1. The van der Waals surface area contributed by atoms with Gasteiger partial charge in [-0.05, 0) is 73.6 Å². The molecule has 0 saturated carbocycles. The summed E-state index contributed by atoms with van der Waals surface area (Å²) < 4.78 is 21.7. The first-order chi connectivity index (χ1) is 16.4. The fourth-order valence-electron chi connectivity index (χ4n) is 3.82. The number of benzene rings is 1. The van der Waals surface area contributed by atoms with E-state index in [0.29, 0.717) is 33.2 Å². The van der Waals surface area contributed by atoms with Gasteiger partial charge in [0.2, 0.25) is 0 Å². The van der Waals surface area contributed by atoms with E-state index in [2.05, 4.69) is 4.72 Å². The molecule has 0 spiro atoms. The van der Waals surface area contributed by atoms with E-state index in [1.54, 1.807) is 58.0 Å². The number of aliphatic hydroxyl groups is 1. The highest BCUT2D eigenvalue weighted by Crippen LogP contribution is 2.47. The van der Waals surface area contributed by atoms with Crippen molar-refractivity contribution in [2.45, 2.75) is 76.9 Å². The fraction of sp³-hybridized carbons (Fsp3) is 0.538. The molecule has 198 valence electrons. The van der Waals surface area contributed by atoms with Gasteiger partial charge in [0.1, 0.15) is 11.2 Å². The number of carbonyl (C=O) groups is 1. The van der Waals surface area contributed by atoms with Crippen LogP contribution >= 0.6 is 11.6 Å². The molecule has 0 radical (unpaired) electrons. The van der Waals surface area contributed by atoms with Crippen LogP contribution in [-0.4, -0.2) is 43.8 Å². The highest BCUT2D eigenvalue weighted by atomic mass is 35.5. The molecule has 2 heterocycles. The number of ether oxygens (including phenoxy) is 1.